The van der Waals surface area contributed by atoms with Crippen molar-refractivity contribution in [3.05, 3.63) is 125 Å². The van der Waals surface area contributed by atoms with E-state index in [-0.39, 0.29) is 29.7 Å². The van der Waals surface area contributed by atoms with Crippen molar-refractivity contribution in [1.82, 2.24) is 20.3 Å². The number of benzene rings is 3. The minimum absolute atomic E-state index is 0.169. The molecular weight excluding hydrogens is 637 g/mol. The van der Waals surface area contributed by atoms with E-state index >= 15 is 0 Å². The van der Waals surface area contributed by atoms with Crippen molar-refractivity contribution in [1.29, 1.82) is 0 Å². The first-order valence-electron chi connectivity index (χ1n) is 15.6. The Morgan fingerprint density at radius 2 is 1.67 bits per heavy atom. The number of hydrazine groups is 2. The Morgan fingerprint density at radius 1 is 0.980 bits per heavy atom. The number of aromatic nitrogens is 1. The number of rotatable bonds is 8. The Hall–Kier alpha value is -5.27. The second-order valence-corrected chi connectivity index (χ2v) is 12.8. The summed E-state index contributed by atoms with van der Waals surface area (Å²) >= 11 is 0. The highest BCUT2D eigenvalue weighted by Crippen LogP contribution is 2.40. The predicted molar refractivity (Wildman–Crippen MR) is 175 cm³/mol. The van der Waals surface area contributed by atoms with Gasteiger partial charge >= 0.3 is 6.09 Å². The molecule has 1 fully saturated rings. The zero-order chi connectivity index (χ0) is 35.5. The van der Waals surface area contributed by atoms with Crippen molar-refractivity contribution in [2.24, 2.45) is 11.7 Å². The van der Waals surface area contributed by atoms with E-state index in [2.05, 4.69) is 4.98 Å². The van der Waals surface area contributed by atoms with Crippen LogP contribution in [0.3, 0.4) is 0 Å². The Kier molecular flexibility index (Phi) is 10.3. The molecule has 1 saturated heterocycles. The first kappa shape index (κ1) is 35.0. The molecule has 256 valence electrons. The quantitative estimate of drug-likeness (QED) is 0.120. The molecule has 10 nitrogen and oxygen atoms in total. The van der Waals surface area contributed by atoms with Crippen LogP contribution in [0.5, 0.6) is 0 Å². The van der Waals surface area contributed by atoms with E-state index in [4.69, 9.17) is 16.4 Å². The number of nitrogens with zero attached hydrogens (tertiary/aromatic N) is 3. The van der Waals surface area contributed by atoms with Crippen molar-refractivity contribution < 1.29 is 32.3 Å². The van der Waals surface area contributed by atoms with Gasteiger partial charge in [0.15, 0.2) is 0 Å². The van der Waals surface area contributed by atoms with Crippen LogP contribution in [0, 0.1) is 17.5 Å². The second-order valence-electron chi connectivity index (χ2n) is 12.8. The SMILES string of the molecule is CC(C)(C)OC(=O)N1C(C(=O)N(N)C(Cc2cc(F)cc(F)c2)c2ncccc2-c2ccc(F)c(C(=O)NN)c2)CCC1c1ccccc1. The third-order valence-corrected chi connectivity index (χ3v) is 8.21. The molecule has 1 aromatic heterocycles. The lowest BCUT2D eigenvalue weighted by Gasteiger charge is -2.36. The molecule has 1 aliphatic rings. The summed E-state index contributed by atoms with van der Waals surface area (Å²) in [7, 11) is 0. The van der Waals surface area contributed by atoms with Gasteiger partial charge in [0.2, 0.25) is 0 Å². The fourth-order valence-electron chi connectivity index (χ4n) is 6.10. The van der Waals surface area contributed by atoms with Gasteiger partial charge in [-0.05, 0) is 80.6 Å². The number of hydrogen-bond donors (Lipinski definition) is 3. The molecule has 3 amide bonds. The van der Waals surface area contributed by atoms with Gasteiger partial charge in [0.25, 0.3) is 11.8 Å². The maximum atomic E-state index is 14.6. The van der Waals surface area contributed by atoms with Crippen LogP contribution in [-0.4, -0.2) is 44.4 Å². The number of nitrogens with two attached hydrogens (primary N) is 2. The summed E-state index contributed by atoms with van der Waals surface area (Å²) < 4.78 is 49.1. The summed E-state index contributed by atoms with van der Waals surface area (Å²) in [6, 6.07) is 16.5. The highest BCUT2D eigenvalue weighted by molar-refractivity contribution is 5.95. The normalized spacial score (nSPS) is 16.6. The first-order chi connectivity index (χ1) is 23.3. The lowest BCUT2D eigenvalue weighted by molar-refractivity contribution is -0.139. The molecule has 4 aromatic rings. The van der Waals surface area contributed by atoms with E-state index in [0.29, 0.717) is 17.5 Å². The highest BCUT2D eigenvalue weighted by Gasteiger charge is 2.46. The van der Waals surface area contributed by atoms with Crippen molar-refractivity contribution in [3.63, 3.8) is 0 Å². The van der Waals surface area contributed by atoms with Crippen molar-refractivity contribution in [3.8, 4) is 11.1 Å². The largest absolute Gasteiger partial charge is 0.444 e. The number of pyridine rings is 1. The Balaban J connectivity index is 1.59. The fourth-order valence-corrected chi connectivity index (χ4v) is 6.10. The van der Waals surface area contributed by atoms with Gasteiger partial charge in [-0.25, -0.2) is 29.7 Å². The number of carbonyl (C=O) groups is 3. The van der Waals surface area contributed by atoms with Gasteiger partial charge in [0.05, 0.1) is 23.3 Å². The lowest BCUT2D eigenvalue weighted by atomic mass is 9.93. The Labute approximate surface area is 281 Å². The van der Waals surface area contributed by atoms with Crippen LogP contribution < -0.4 is 17.1 Å². The molecule has 0 spiro atoms. The van der Waals surface area contributed by atoms with Gasteiger partial charge in [-0.2, -0.15) is 0 Å². The number of carbonyl (C=O) groups excluding carboxylic acids is 3. The minimum atomic E-state index is -1.15. The number of nitrogens with one attached hydrogen (secondary N) is 1. The smallest absolute Gasteiger partial charge is 0.411 e. The monoisotopic (exact) mass is 674 g/mol. The van der Waals surface area contributed by atoms with Crippen LogP contribution in [-0.2, 0) is 16.0 Å². The number of nitrogen functional groups attached to an aromatic ring is 1. The van der Waals surface area contributed by atoms with Gasteiger partial charge in [0, 0.05) is 24.2 Å². The third kappa shape index (κ3) is 7.90. The van der Waals surface area contributed by atoms with Crippen LogP contribution in [0.25, 0.3) is 11.1 Å². The molecule has 0 radical (unpaired) electrons. The second kappa shape index (κ2) is 14.5. The summed E-state index contributed by atoms with van der Waals surface area (Å²) in [5, 5.41) is 0.918. The summed E-state index contributed by atoms with van der Waals surface area (Å²) in [5.74, 6) is 7.91. The van der Waals surface area contributed by atoms with E-state index in [9.17, 15) is 27.6 Å². The molecule has 1 aliphatic heterocycles. The van der Waals surface area contributed by atoms with E-state index in [0.717, 1.165) is 34.8 Å². The lowest BCUT2D eigenvalue weighted by Crippen LogP contribution is -2.53. The number of ether oxygens (including phenoxy) is 1. The van der Waals surface area contributed by atoms with E-state index in [1.165, 1.54) is 23.2 Å². The minimum Gasteiger partial charge on any atom is -0.444 e. The van der Waals surface area contributed by atoms with E-state index < -0.39 is 59.1 Å². The van der Waals surface area contributed by atoms with E-state index in [1.807, 2.05) is 35.8 Å². The molecule has 3 atom stereocenters. The van der Waals surface area contributed by atoms with Crippen LogP contribution in [0.2, 0.25) is 0 Å². The standard InChI is InChI=1S/C36H37F3N6O4/c1-36(2,3)49-35(48)44-29(22-8-5-4-6-9-22)13-14-30(44)34(47)45(41)31(18-21-16-24(37)20-25(38)17-21)32-26(10-7-15-42-32)23-11-12-28(39)27(19-23)33(46)43-40/h4-12,15-17,19-20,29-31H,13-14,18,40-41H2,1-3H3,(H,43,46). The van der Waals surface area contributed by atoms with Gasteiger partial charge in [-0.3, -0.25) is 29.9 Å². The Bertz CT molecular complexity index is 1830. The van der Waals surface area contributed by atoms with Gasteiger partial charge in [0.1, 0.15) is 29.1 Å². The summed E-state index contributed by atoms with van der Waals surface area (Å²) in [6.07, 6.45) is 1.23. The molecule has 49 heavy (non-hydrogen) atoms. The molecular formula is C36H37F3N6O4. The maximum Gasteiger partial charge on any atom is 0.411 e. The molecule has 13 heteroatoms. The maximum absolute atomic E-state index is 14.6. The number of amides is 3. The molecule has 0 aliphatic carbocycles. The average Bonchev–Trinajstić information content (AvgIpc) is 3.51. The topological polar surface area (TPSA) is 144 Å². The van der Waals surface area contributed by atoms with Gasteiger partial charge in [-0.15, -0.1) is 0 Å². The number of likely N-dealkylation sites (tertiary alicyclic amines) is 1. The summed E-state index contributed by atoms with van der Waals surface area (Å²) in [6.45, 7) is 5.16. The zero-order valence-corrected chi connectivity index (χ0v) is 27.2. The molecule has 0 bridgehead atoms. The predicted octanol–water partition coefficient (Wildman–Crippen LogP) is 5.90. The van der Waals surface area contributed by atoms with Crippen molar-refractivity contribution >= 4 is 17.9 Å². The first-order valence-corrected chi connectivity index (χ1v) is 15.6. The van der Waals surface area contributed by atoms with Crippen LogP contribution >= 0.6 is 0 Å². The molecule has 3 unspecified atom stereocenters. The van der Waals surface area contributed by atoms with Crippen molar-refractivity contribution in [2.75, 3.05) is 0 Å². The van der Waals surface area contributed by atoms with Gasteiger partial charge in [-0.1, -0.05) is 42.5 Å². The zero-order valence-electron chi connectivity index (χ0n) is 27.2. The highest BCUT2D eigenvalue weighted by atomic mass is 19.1. The average molecular weight is 675 g/mol. The van der Waals surface area contributed by atoms with Crippen LogP contribution in [0.4, 0.5) is 18.0 Å². The van der Waals surface area contributed by atoms with Gasteiger partial charge < -0.3 is 4.74 Å². The van der Waals surface area contributed by atoms with Crippen molar-refractivity contribution in [2.45, 2.75) is 63.8 Å². The summed E-state index contributed by atoms with van der Waals surface area (Å²) in [4.78, 5) is 46.4. The fraction of sp³-hybridized carbons (Fsp3) is 0.278. The van der Waals surface area contributed by atoms with Crippen LogP contribution in [0.15, 0.2) is 85.1 Å². The number of halogens is 3. The third-order valence-electron chi connectivity index (χ3n) is 8.21. The molecule has 3 aromatic carbocycles. The molecule has 0 saturated carbocycles. The van der Waals surface area contributed by atoms with Crippen LogP contribution in [0.1, 0.15) is 72.9 Å². The summed E-state index contributed by atoms with van der Waals surface area (Å²) in [5.41, 5.74) is 2.56. The molecule has 5 rings (SSSR count). The Morgan fingerprint density at radius 3 is 2.33 bits per heavy atom. The molecule has 2 heterocycles. The van der Waals surface area contributed by atoms with E-state index in [1.54, 1.807) is 32.9 Å². The number of hydrogen-bond acceptors (Lipinski definition) is 7. The molecule has 5 N–H and O–H groups in total.